The van der Waals surface area contributed by atoms with Crippen LogP contribution in [0.1, 0.15) is 93.3 Å². The zero-order chi connectivity index (χ0) is 45.8. The maximum atomic E-state index is 13.6. The van der Waals surface area contributed by atoms with Crippen molar-refractivity contribution in [3.8, 4) is 0 Å². The third-order valence-corrected chi connectivity index (χ3v) is 12.0. The smallest absolute Gasteiger partial charge is 0.327 e. The Morgan fingerprint density at radius 3 is 2.23 bits per heavy atom. The first-order valence-electron chi connectivity index (χ1n) is 20.0. The molecule has 62 heavy (non-hydrogen) atoms. The third-order valence-electron chi connectivity index (χ3n) is 9.46. The third kappa shape index (κ3) is 17.6. The highest BCUT2D eigenvalue weighted by atomic mass is 33.1. The number of ketones is 3. The van der Waals surface area contributed by atoms with Gasteiger partial charge in [-0.1, -0.05) is 59.7 Å². The van der Waals surface area contributed by atoms with E-state index in [9.17, 15) is 48.6 Å². The lowest BCUT2D eigenvalue weighted by Crippen LogP contribution is -2.48. The number of anilines is 1. The summed E-state index contributed by atoms with van der Waals surface area (Å²) in [5.74, 6) is -7.01. The van der Waals surface area contributed by atoms with E-state index in [1.54, 1.807) is 12.1 Å². The van der Waals surface area contributed by atoms with E-state index < -0.39 is 71.9 Å². The van der Waals surface area contributed by atoms with Crippen LogP contribution in [0.2, 0.25) is 0 Å². The predicted octanol–water partition coefficient (Wildman–Crippen LogP) is 1.98. The lowest BCUT2D eigenvalue weighted by Gasteiger charge is -2.23. The summed E-state index contributed by atoms with van der Waals surface area (Å²) >= 11 is 0. The number of carbonyl (C=O) groups is 7. The fraction of sp³-hybridized carbons (Fsp3) is 0.500. The number of hydrogen-bond donors (Lipinski definition) is 8. The van der Waals surface area contributed by atoms with Crippen molar-refractivity contribution < 1.29 is 43.8 Å². The minimum absolute atomic E-state index is 0.00945. The van der Waals surface area contributed by atoms with Gasteiger partial charge in [0.2, 0.25) is 17.8 Å². The number of H-pyrrole nitrogens is 1. The Labute approximate surface area is 365 Å². The Kier molecular flexibility index (Phi) is 21.0. The summed E-state index contributed by atoms with van der Waals surface area (Å²) in [6.07, 6.45) is 2.56. The van der Waals surface area contributed by atoms with Crippen LogP contribution in [0, 0.1) is 11.8 Å². The summed E-state index contributed by atoms with van der Waals surface area (Å²) in [4.78, 5) is 120. The van der Waals surface area contributed by atoms with Crippen molar-refractivity contribution in [3.05, 3.63) is 57.6 Å². The molecule has 20 nitrogen and oxygen atoms in total. The molecular weight excluding hydrogens is 845 g/mol. The van der Waals surface area contributed by atoms with Crippen LogP contribution < -0.4 is 33.4 Å². The number of aromatic nitrogens is 4. The molecule has 0 fully saturated rings. The van der Waals surface area contributed by atoms with E-state index in [-0.39, 0.29) is 79.0 Å². The zero-order valence-electron chi connectivity index (χ0n) is 34.6. The normalized spacial score (nSPS) is 13.0. The molecule has 336 valence electrons. The minimum atomic E-state index is -1.43. The van der Waals surface area contributed by atoms with Gasteiger partial charge >= 0.3 is 11.9 Å². The van der Waals surface area contributed by atoms with Gasteiger partial charge < -0.3 is 38.0 Å². The first-order chi connectivity index (χ1) is 29.5. The number of guanidine groups is 1. The van der Waals surface area contributed by atoms with Crippen LogP contribution in [0.5, 0.6) is 0 Å². The fourth-order valence-electron chi connectivity index (χ4n) is 6.16. The summed E-state index contributed by atoms with van der Waals surface area (Å²) in [5.41, 5.74) is 18.2. The number of aliphatic imine (C=N–C) groups is 1. The number of aryl methyl sites for hydroxylation is 2. The van der Waals surface area contributed by atoms with Gasteiger partial charge in [0.05, 0.1) is 30.3 Å². The number of carboxylic acids is 2. The van der Waals surface area contributed by atoms with Gasteiger partial charge in [-0.3, -0.25) is 43.5 Å². The van der Waals surface area contributed by atoms with Crippen LogP contribution in [0.25, 0.3) is 11.2 Å². The number of rotatable bonds is 29. The Bertz CT molecular complexity index is 2150. The van der Waals surface area contributed by atoms with Crippen LogP contribution in [0.15, 0.2) is 40.2 Å². The second-order valence-corrected chi connectivity index (χ2v) is 17.3. The molecule has 0 radical (unpaired) electrons. The number of nitrogens with one attached hydrogen (secondary N) is 3. The topological polar surface area (TPSA) is 346 Å². The van der Waals surface area contributed by atoms with E-state index in [2.05, 4.69) is 35.6 Å². The van der Waals surface area contributed by atoms with Crippen molar-refractivity contribution in [1.82, 2.24) is 30.6 Å². The first-order valence-corrected chi connectivity index (χ1v) is 22.5. The molecule has 1 aromatic carbocycles. The van der Waals surface area contributed by atoms with Crippen molar-refractivity contribution in [2.24, 2.45) is 28.3 Å². The molecule has 2 amide bonds. The van der Waals surface area contributed by atoms with Gasteiger partial charge in [0, 0.05) is 55.2 Å². The van der Waals surface area contributed by atoms with E-state index in [4.69, 9.17) is 17.2 Å². The van der Waals surface area contributed by atoms with Crippen molar-refractivity contribution in [2.75, 3.05) is 23.8 Å². The molecule has 3 rings (SSSR count). The molecule has 11 N–H and O–H groups in total. The SMILES string of the molecule is CCSSC[C@H](NC(=O)[C@H](CC(=O)O)CC(=O)[C@H](CCCN=C(N)N)NC(=O)[C@H](C)CC(=O)CCCCC(=O)c1ccc(CCc2cnc3nc(N)[nH]c(=O)c3n2)cc1)C(=O)O. The molecule has 4 atom stereocenters. The second-order valence-electron chi connectivity index (χ2n) is 14.5. The number of carbonyl (C=O) groups excluding carboxylic acids is 5. The molecular formula is C40H54N10O10S2. The van der Waals surface area contributed by atoms with E-state index >= 15 is 0 Å². The van der Waals surface area contributed by atoms with Gasteiger partial charge in [-0.25, -0.2) is 14.8 Å². The van der Waals surface area contributed by atoms with Crippen LogP contribution >= 0.6 is 21.6 Å². The molecule has 0 aliphatic heterocycles. The van der Waals surface area contributed by atoms with Crippen molar-refractivity contribution in [2.45, 2.75) is 96.6 Å². The summed E-state index contributed by atoms with van der Waals surface area (Å²) in [6.45, 7) is 3.51. The second kappa shape index (κ2) is 25.8. The van der Waals surface area contributed by atoms with Crippen molar-refractivity contribution in [3.63, 3.8) is 0 Å². The largest absolute Gasteiger partial charge is 0.481 e. The van der Waals surface area contributed by atoms with Gasteiger partial charge in [-0.15, -0.1) is 0 Å². The Balaban J connectivity index is 1.50. The number of benzene rings is 1. The van der Waals surface area contributed by atoms with Gasteiger partial charge in [0.25, 0.3) is 5.56 Å². The van der Waals surface area contributed by atoms with Crippen molar-refractivity contribution in [1.29, 1.82) is 0 Å². The highest BCUT2D eigenvalue weighted by Crippen LogP contribution is 2.22. The monoisotopic (exact) mass is 898 g/mol. The average molecular weight is 899 g/mol. The fourth-order valence-corrected chi connectivity index (χ4v) is 7.98. The molecule has 2 heterocycles. The van der Waals surface area contributed by atoms with Crippen molar-refractivity contribution >= 4 is 85.8 Å². The standard InChI is InChI=1S/C40H54N10O10S2/c1-3-61-62-21-29(38(59)60)48-36(57)25(19-32(54)55)18-31(53)28(8-6-16-44-39(41)42)47-35(56)22(2)17-27(51)7-4-5-9-30(52)24-13-10-23(11-14-24)12-15-26-20-45-34-33(46-26)37(58)50-40(43)49-34/h10-11,13-14,20,22,25,28-29H,3-9,12,15-19,21H2,1-2H3,(H,47,56)(H,48,57)(H,54,55)(H,59,60)(H4,41,42,44)(H3,43,45,49,50,58)/t22-,25+,28+,29+/m1/s1. The quantitative estimate of drug-likeness (QED) is 0.0162. The minimum Gasteiger partial charge on any atom is -0.481 e. The van der Waals surface area contributed by atoms with E-state index in [0.29, 0.717) is 42.7 Å². The summed E-state index contributed by atoms with van der Waals surface area (Å²) in [6, 6.07) is 4.63. The maximum Gasteiger partial charge on any atom is 0.327 e. The zero-order valence-corrected chi connectivity index (χ0v) is 36.2. The van der Waals surface area contributed by atoms with E-state index in [1.165, 1.54) is 34.7 Å². The number of carboxylic acid groups (broad SMARTS) is 2. The first kappa shape index (κ1) is 50.5. The number of Topliss-reactive ketones (excluding diaryl/α,β-unsaturated/α-hetero) is 3. The molecule has 0 aliphatic carbocycles. The number of aromatic amines is 1. The molecule has 3 aromatic rings. The molecule has 0 unspecified atom stereocenters. The molecule has 0 saturated carbocycles. The molecule has 0 bridgehead atoms. The van der Waals surface area contributed by atoms with Gasteiger partial charge in [0.15, 0.2) is 28.7 Å². The van der Waals surface area contributed by atoms with E-state index in [1.807, 2.05) is 19.1 Å². The number of nitrogen functional groups attached to an aromatic ring is 1. The number of aliphatic carboxylic acids is 2. The van der Waals surface area contributed by atoms with Crippen LogP contribution in [-0.2, 0) is 41.6 Å². The molecule has 0 spiro atoms. The van der Waals surface area contributed by atoms with Gasteiger partial charge in [-0.2, -0.15) is 4.98 Å². The number of fused-ring (bicyclic) bond motifs is 1. The number of nitrogens with zero attached hydrogens (tertiary/aromatic N) is 4. The Morgan fingerprint density at radius 2 is 1.56 bits per heavy atom. The maximum absolute atomic E-state index is 13.6. The average Bonchev–Trinajstić information content (AvgIpc) is 3.21. The Morgan fingerprint density at radius 1 is 0.871 bits per heavy atom. The van der Waals surface area contributed by atoms with E-state index in [0.717, 1.165) is 5.56 Å². The lowest BCUT2D eigenvalue weighted by molar-refractivity contribution is -0.144. The van der Waals surface area contributed by atoms with Crippen LogP contribution in [0.3, 0.4) is 0 Å². The summed E-state index contributed by atoms with van der Waals surface area (Å²) in [5, 5.41) is 24.0. The number of amides is 2. The lowest BCUT2D eigenvalue weighted by atomic mass is 9.92. The van der Waals surface area contributed by atoms with Gasteiger partial charge in [0.1, 0.15) is 11.8 Å². The highest BCUT2D eigenvalue weighted by molar-refractivity contribution is 8.76. The number of hydrogen-bond acceptors (Lipinski definition) is 15. The molecule has 22 heteroatoms. The molecule has 0 saturated heterocycles. The highest BCUT2D eigenvalue weighted by Gasteiger charge is 2.32. The van der Waals surface area contributed by atoms with Gasteiger partial charge in [-0.05, 0) is 44.1 Å². The Hall–Kier alpha value is -5.90. The molecule has 0 aliphatic rings. The van der Waals surface area contributed by atoms with Crippen LogP contribution in [-0.4, -0.2) is 107 Å². The molecule has 2 aromatic heterocycles. The number of nitrogens with two attached hydrogens (primary N) is 3. The summed E-state index contributed by atoms with van der Waals surface area (Å²) in [7, 11) is 2.61. The van der Waals surface area contributed by atoms with Crippen LogP contribution in [0.4, 0.5) is 5.95 Å². The number of unbranched alkanes of at least 4 members (excludes halogenated alkanes) is 1. The predicted molar refractivity (Wildman–Crippen MR) is 235 cm³/mol. The summed E-state index contributed by atoms with van der Waals surface area (Å²) < 4.78 is 0.